The van der Waals surface area contributed by atoms with Crippen LogP contribution in [0.1, 0.15) is 28.0 Å². The van der Waals surface area contributed by atoms with Crippen LogP contribution in [-0.2, 0) is 9.53 Å². The summed E-state index contributed by atoms with van der Waals surface area (Å²) in [7, 11) is 1.06. The Balaban J connectivity index is 2.98. The number of thioether (sulfide) groups is 1. The van der Waals surface area contributed by atoms with E-state index in [1.807, 2.05) is 0 Å². The molecule has 5 nitrogen and oxygen atoms in total. The lowest BCUT2D eigenvalue weighted by atomic mass is 10.0. The topological polar surface area (TPSA) is 76.2 Å². The molecule has 1 N–H and O–H groups in total. The van der Waals surface area contributed by atoms with Gasteiger partial charge in [-0.2, -0.15) is 13.2 Å². The van der Waals surface area contributed by atoms with Gasteiger partial charge >= 0.3 is 12.1 Å². The first-order valence-electron chi connectivity index (χ1n) is 6.55. The second-order valence-corrected chi connectivity index (χ2v) is 6.08. The highest BCUT2D eigenvalue weighted by molar-refractivity contribution is 8.00. The van der Waals surface area contributed by atoms with Crippen molar-refractivity contribution in [3.05, 3.63) is 33.2 Å². The minimum absolute atomic E-state index is 0.266. The van der Waals surface area contributed by atoms with Crippen LogP contribution in [0.15, 0.2) is 10.9 Å². The average molecular weight is 351 g/mol. The quantitative estimate of drug-likeness (QED) is 0.629. The molecule has 1 rings (SSSR count). The maximum absolute atomic E-state index is 13.0. The van der Waals surface area contributed by atoms with E-state index >= 15 is 0 Å². The van der Waals surface area contributed by atoms with Crippen LogP contribution in [0.3, 0.4) is 0 Å². The van der Waals surface area contributed by atoms with Gasteiger partial charge in [0.2, 0.25) is 0 Å². The van der Waals surface area contributed by atoms with Gasteiger partial charge in [-0.1, -0.05) is 0 Å². The van der Waals surface area contributed by atoms with E-state index in [0.29, 0.717) is 11.3 Å². The van der Waals surface area contributed by atoms with Crippen LogP contribution in [0, 0.1) is 13.8 Å². The van der Waals surface area contributed by atoms with Gasteiger partial charge in [0.25, 0.3) is 5.56 Å². The van der Waals surface area contributed by atoms with Crippen molar-refractivity contribution in [2.45, 2.75) is 31.7 Å². The Labute approximate surface area is 134 Å². The molecule has 1 aromatic heterocycles. The van der Waals surface area contributed by atoms with Gasteiger partial charge in [-0.05, 0) is 25.5 Å². The number of H-pyrrole nitrogens is 1. The van der Waals surface area contributed by atoms with Gasteiger partial charge in [-0.25, -0.2) is 0 Å². The lowest BCUT2D eigenvalue weighted by Gasteiger charge is -2.19. The van der Waals surface area contributed by atoms with Crippen molar-refractivity contribution in [2.24, 2.45) is 0 Å². The summed E-state index contributed by atoms with van der Waals surface area (Å²) < 4.78 is 43.3. The second-order valence-electron chi connectivity index (χ2n) is 4.88. The number of alkyl halides is 3. The number of esters is 1. The van der Waals surface area contributed by atoms with Gasteiger partial charge in [-0.15, -0.1) is 11.8 Å². The molecule has 0 bridgehead atoms. The predicted octanol–water partition coefficient (Wildman–Crippen LogP) is 2.40. The van der Waals surface area contributed by atoms with Crippen molar-refractivity contribution < 1.29 is 27.5 Å². The molecule has 1 heterocycles. The van der Waals surface area contributed by atoms with Crippen molar-refractivity contribution >= 4 is 23.5 Å². The van der Waals surface area contributed by atoms with E-state index in [1.54, 1.807) is 6.92 Å². The Morgan fingerprint density at radius 3 is 2.43 bits per heavy atom. The zero-order chi connectivity index (χ0) is 17.8. The second kappa shape index (κ2) is 7.67. The van der Waals surface area contributed by atoms with Crippen LogP contribution in [0.5, 0.6) is 0 Å². The first kappa shape index (κ1) is 19.3. The van der Waals surface area contributed by atoms with E-state index in [1.165, 1.54) is 13.0 Å². The highest BCUT2D eigenvalue weighted by Gasteiger charge is 2.42. The maximum atomic E-state index is 13.0. The number of aryl methyl sites for hydroxylation is 2. The van der Waals surface area contributed by atoms with Crippen LogP contribution in [0.4, 0.5) is 13.2 Å². The molecule has 0 spiro atoms. The Morgan fingerprint density at radius 1 is 1.35 bits per heavy atom. The number of hydrogen-bond donors (Lipinski definition) is 1. The van der Waals surface area contributed by atoms with E-state index in [2.05, 4.69) is 9.72 Å². The Kier molecular flexibility index (Phi) is 6.43. The number of Topliss-reactive ketones (excluding diaryl/α,β-unsaturated/α-hetero) is 1. The number of hydrogen-bond acceptors (Lipinski definition) is 5. The predicted molar refractivity (Wildman–Crippen MR) is 79.8 cm³/mol. The van der Waals surface area contributed by atoms with Crippen LogP contribution in [0.25, 0.3) is 0 Å². The molecule has 0 aliphatic rings. The molecule has 1 unspecified atom stereocenters. The average Bonchev–Trinajstić information content (AvgIpc) is 2.40. The smallest absolute Gasteiger partial charge is 0.401 e. The van der Waals surface area contributed by atoms with Crippen LogP contribution in [0.2, 0.25) is 0 Å². The monoisotopic (exact) mass is 351 g/mol. The molecule has 0 radical (unpaired) electrons. The Bertz CT molecular complexity index is 654. The standard InChI is InChI=1S/C14H16F3NO4S/c1-7-4-8(2)18-13(21)12(7)9(19)5-10(14(15,16)17)23-6-11(20)22-3/h4,10H,5-6H2,1-3H3,(H,18,21). The third kappa shape index (κ3) is 5.42. The third-order valence-corrected chi connectivity index (χ3v) is 4.25. The minimum atomic E-state index is -4.68. The Morgan fingerprint density at radius 2 is 1.96 bits per heavy atom. The third-order valence-electron chi connectivity index (χ3n) is 3.01. The number of aromatic amines is 1. The number of methoxy groups -OCH3 is 1. The largest absolute Gasteiger partial charge is 0.468 e. The van der Waals surface area contributed by atoms with Crippen LogP contribution >= 0.6 is 11.8 Å². The van der Waals surface area contributed by atoms with Gasteiger partial charge in [0, 0.05) is 12.1 Å². The van der Waals surface area contributed by atoms with Gasteiger partial charge in [-0.3, -0.25) is 14.4 Å². The summed E-state index contributed by atoms with van der Waals surface area (Å²) in [5.41, 5.74) is -0.179. The summed E-state index contributed by atoms with van der Waals surface area (Å²) in [4.78, 5) is 37.3. The maximum Gasteiger partial charge on any atom is 0.401 e. The molecule has 23 heavy (non-hydrogen) atoms. The summed E-state index contributed by atoms with van der Waals surface area (Å²) in [6.45, 7) is 3.09. The van der Waals surface area contributed by atoms with Gasteiger partial charge in [0.15, 0.2) is 5.78 Å². The van der Waals surface area contributed by atoms with Crippen molar-refractivity contribution in [3.63, 3.8) is 0 Å². The molecule has 0 saturated heterocycles. The van der Waals surface area contributed by atoms with E-state index < -0.39 is 40.9 Å². The highest BCUT2D eigenvalue weighted by atomic mass is 32.2. The number of carbonyl (C=O) groups is 2. The summed E-state index contributed by atoms with van der Waals surface area (Å²) in [6.07, 6.45) is -5.60. The molecule has 1 aromatic rings. The molecule has 0 aromatic carbocycles. The molecule has 128 valence electrons. The summed E-state index contributed by atoms with van der Waals surface area (Å²) in [6, 6.07) is 1.51. The molecule has 0 fully saturated rings. The van der Waals surface area contributed by atoms with Gasteiger partial charge < -0.3 is 9.72 Å². The SMILES string of the molecule is COC(=O)CSC(CC(=O)c1c(C)cc(C)[nH]c1=O)C(F)(F)F. The van der Waals surface area contributed by atoms with Crippen molar-refractivity contribution in [3.8, 4) is 0 Å². The normalized spacial score (nSPS) is 12.8. The highest BCUT2D eigenvalue weighted by Crippen LogP contribution is 2.33. The van der Waals surface area contributed by atoms with Crippen LogP contribution in [-0.4, -0.2) is 41.0 Å². The van der Waals surface area contributed by atoms with Crippen molar-refractivity contribution in [2.75, 3.05) is 12.9 Å². The number of ether oxygens (including phenoxy) is 1. The number of nitrogens with one attached hydrogen (secondary N) is 1. The molecule has 0 amide bonds. The summed E-state index contributed by atoms with van der Waals surface area (Å²) in [5, 5.41) is -2.09. The van der Waals surface area contributed by atoms with E-state index in [0.717, 1.165) is 7.11 Å². The first-order chi connectivity index (χ1) is 10.6. The molecule has 0 aliphatic carbocycles. The first-order valence-corrected chi connectivity index (χ1v) is 7.60. The van der Waals surface area contributed by atoms with Crippen LogP contribution < -0.4 is 5.56 Å². The zero-order valence-corrected chi connectivity index (χ0v) is 13.6. The molecule has 1 atom stereocenters. The van der Waals surface area contributed by atoms with E-state index in [-0.39, 0.29) is 17.3 Å². The van der Waals surface area contributed by atoms with E-state index in [9.17, 15) is 27.6 Å². The minimum Gasteiger partial charge on any atom is -0.468 e. The fraction of sp³-hybridized carbons (Fsp3) is 0.500. The summed E-state index contributed by atoms with van der Waals surface area (Å²) >= 11 is 0.266. The number of halogens is 3. The Hall–Kier alpha value is -1.77. The fourth-order valence-electron chi connectivity index (χ4n) is 1.97. The number of ketones is 1. The van der Waals surface area contributed by atoms with Gasteiger partial charge in [0.1, 0.15) is 5.25 Å². The molecular formula is C14H16F3NO4S. The lowest BCUT2D eigenvalue weighted by molar-refractivity contribution is -0.137. The molecule has 9 heteroatoms. The summed E-state index contributed by atoms with van der Waals surface area (Å²) in [5.74, 6) is -2.26. The van der Waals surface area contributed by atoms with E-state index in [4.69, 9.17) is 0 Å². The molecular weight excluding hydrogens is 335 g/mol. The van der Waals surface area contributed by atoms with Gasteiger partial charge in [0.05, 0.1) is 18.4 Å². The molecule has 0 saturated carbocycles. The fourth-order valence-corrected chi connectivity index (χ4v) is 2.88. The lowest BCUT2D eigenvalue weighted by Crippen LogP contribution is -2.31. The molecule has 0 aliphatic heterocycles. The van der Waals surface area contributed by atoms with Crippen molar-refractivity contribution in [1.82, 2.24) is 4.98 Å². The van der Waals surface area contributed by atoms with Crippen molar-refractivity contribution in [1.29, 1.82) is 0 Å². The number of pyridine rings is 1. The number of aromatic nitrogens is 1. The number of rotatable bonds is 6. The zero-order valence-electron chi connectivity index (χ0n) is 12.7. The number of carbonyl (C=O) groups excluding carboxylic acids is 2.